The number of amides is 1. The van der Waals surface area contributed by atoms with Gasteiger partial charge in [-0.05, 0) is 17.5 Å². The summed E-state index contributed by atoms with van der Waals surface area (Å²) < 4.78 is 13.7. The molecule has 0 saturated heterocycles. The molecule has 5 heteroatoms. The van der Waals surface area contributed by atoms with Crippen LogP contribution >= 0.6 is 12.2 Å². The lowest BCUT2D eigenvalue weighted by Crippen LogP contribution is -2.41. The minimum absolute atomic E-state index is 0.268. The Bertz CT molecular complexity index is 712. The van der Waals surface area contributed by atoms with Crippen LogP contribution in [0.5, 0.6) is 0 Å². The number of rotatable bonds is 4. The molecule has 0 aliphatic carbocycles. The predicted molar refractivity (Wildman–Crippen MR) is 86.8 cm³/mol. The zero-order valence-corrected chi connectivity index (χ0v) is 12.8. The second-order valence-electron chi connectivity index (χ2n) is 5.57. The lowest BCUT2D eigenvalue weighted by Gasteiger charge is -2.23. The molecule has 0 aliphatic heterocycles. The van der Waals surface area contributed by atoms with Crippen molar-refractivity contribution in [2.24, 2.45) is 11.1 Å². The number of hydrogen-bond donors (Lipinski definition) is 2. The van der Waals surface area contributed by atoms with Gasteiger partial charge in [-0.25, -0.2) is 4.39 Å². The van der Waals surface area contributed by atoms with Gasteiger partial charge in [-0.3, -0.25) is 4.79 Å². The summed E-state index contributed by atoms with van der Waals surface area (Å²) in [7, 11) is 0. The van der Waals surface area contributed by atoms with E-state index in [4.69, 9.17) is 18.0 Å². The molecule has 0 fully saturated rings. The SMILES string of the molecule is CC(C)(CNC(=O)c1ccc(F)c2ccccc12)C(N)=S. The molecule has 2 aromatic carbocycles. The van der Waals surface area contributed by atoms with Gasteiger partial charge in [0.2, 0.25) is 0 Å². The van der Waals surface area contributed by atoms with Gasteiger partial charge < -0.3 is 11.1 Å². The molecule has 0 heterocycles. The van der Waals surface area contributed by atoms with E-state index in [1.807, 2.05) is 13.8 Å². The summed E-state index contributed by atoms with van der Waals surface area (Å²) in [5.41, 5.74) is 5.60. The molecule has 3 nitrogen and oxygen atoms in total. The molecular weight excluding hydrogens is 287 g/mol. The van der Waals surface area contributed by atoms with Gasteiger partial charge in [-0.1, -0.05) is 50.3 Å². The molecule has 0 unspecified atom stereocenters. The Morgan fingerprint density at radius 1 is 1.24 bits per heavy atom. The number of benzene rings is 2. The Labute approximate surface area is 128 Å². The Morgan fingerprint density at radius 2 is 1.86 bits per heavy atom. The van der Waals surface area contributed by atoms with Crippen molar-refractivity contribution in [3.63, 3.8) is 0 Å². The molecule has 0 spiro atoms. The first-order chi connectivity index (χ1) is 9.83. The van der Waals surface area contributed by atoms with Gasteiger partial charge in [0, 0.05) is 22.9 Å². The lowest BCUT2D eigenvalue weighted by molar-refractivity contribution is 0.0946. The molecule has 3 N–H and O–H groups in total. The highest BCUT2D eigenvalue weighted by Crippen LogP contribution is 2.22. The summed E-state index contributed by atoms with van der Waals surface area (Å²) in [6.07, 6.45) is 0. The first-order valence-corrected chi connectivity index (χ1v) is 6.99. The molecule has 110 valence electrons. The van der Waals surface area contributed by atoms with Crippen LogP contribution in [0.15, 0.2) is 36.4 Å². The van der Waals surface area contributed by atoms with Crippen molar-refractivity contribution in [2.45, 2.75) is 13.8 Å². The van der Waals surface area contributed by atoms with Crippen LogP contribution in [-0.4, -0.2) is 17.4 Å². The third kappa shape index (κ3) is 3.19. The summed E-state index contributed by atoms with van der Waals surface area (Å²) in [5, 5.41) is 3.82. The van der Waals surface area contributed by atoms with E-state index in [-0.39, 0.29) is 11.7 Å². The van der Waals surface area contributed by atoms with Crippen LogP contribution in [0.3, 0.4) is 0 Å². The van der Waals surface area contributed by atoms with E-state index in [1.165, 1.54) is 12.1 Å². The van der Waals surface area contributed by atoms with Crippen LogP contribution < -0.4 is 11.1 Å². The highest BCUT2D eigenvalue weighted by atomic mass is 32.1. The van der Waals surface area contributed by atoms with E-state index in [2.05, 4.69) is 5.32 Å². The monoisotopic (exact) mass is 304 g/mol. The number of carbonyl (C=O) groups excluding carboxylic acids is 1. The van der Waals surface area contributed by atoms with Gasteiger partial charge in [0.25, 0.3) is 5.91 Å². The maximum absolute atomic E-state index is 13.7. The minimum Gasteiger partial charge on any atom is -0.393 e. The van der Waals surface area contributed by atoms with Crippen molar-refractivity contribution in [1.82, 2.24) is 5.32 Å². The molecule has 1 amide bonds. The van der Waals surface area contributed by atoms with Crippen LogP contribution in [0.25, 0.3) is 10.8 Å². The van der Waals surface area contributed by atoms with Gasteiger partial charge in [-0.2, -0.15) is 0 Å². The molecule has 2 aromatic rings. The third-order valence-electron chi connectivity index (χ3n) is 3.47. The fourth-order valence-corrected chi connectivity index (χ4v) is 2.02. The van der Waals surface area contributed by atoms with Crippen LogP contribution in [0.4, 0.5) is 4.39 Å². The Morgan fingerprint density at radius 3 is 2.48 bits per heavy atom. The van der Waals surface area contributed by atoms with Crippen LogP contribution in [0, 0.1) is 11.2 Å². The molecular formula is C16H17FN2OS. The van der Waals surface area contributed by atoms with E-state index >= 15 is 0 Å². The first-order valence-electron chi connectivity index (χ1n) is 6.58. The van der Waals surface area contributed by atoms with E-state index in [9.17, 15) is 9.18 Å². The predicted octanol–water partition coefficient (Wildman–Crippen LogP) is 3.02. The topological polar surface area (TPSA) is 55.1 Å². The smallest absolute Gasteiger partial charge is 0.251 e. The normalized spacial score (nSPS) is 11.4. The van der Waals surface area contributed by atoms with Crippen molar-refractivity contribution in [1.29, 1.82) is 0 Å². The maximum Gasteiger partial charge on any atom is 0.251 e. The van der Waals surface area contributed by atoms with Gasteiger partial charge in [0.1, 0.15) is 5.82 Å². The van der Waals surface area contributed by atoms with E-state index in [0.717, 1.165) is 0 Å². The summed E-state index contributed by atoms with van der Waals surface area (Å²) in [4.78, 5) is 12.7. The average molecular weight is 304 g/mol. The molecule has 0 atom stereocenters. The highest BCUT2D eigenvalue weighted by Gasteiger charge is 2.23. The largest absolute Gasteiger partial charge is 0.393 e. The molecule has 0 aromatic heterocycles. The quantitative estimate of drug-likeness (QED) is 0.854. The van der Waals surface area contributed by atoms with Crippen molar-refractivity contribution in [3.8, 4) is 0 Å². The Balaban J connectivity index is 2.29. The van der Waals surface area contributed by atoms with Gasteiger partial charge in [-0.15, -0.1) is 0 Å². The fraction of sp³-hybridized carbons (Fsp3) is 0.250. The van der Waals surface area contributed by atoms with Crippen LogP contribution in [0.2, 0.25) is 0 Å². The number of halogens is 1. The molecule has 0 aliphatic rings. The standard InChI is InChI=1S/C16H17FN2OS/c1-16(2,15(18)21)9-19-14(20)12-7-8-13(17)11-6-4-3-5-10(11)12/h3-8H,9H2,1-2H3,(H2,18,21)(H,19,20). The Kier molecular flexibility index (Phi) is 4.23. The molecule has 0 bridgehead atoms. The van der Waals surface area contributed by atoms with Gasteiger partial charge >= 0.3 is 0 Å². The minimum atomic E-state index is -0.471. The summed E-state index contributed by atoms with van der Waals surface area (Å²) in [5.74, 6) is -0.610. The highest BCUT2D eigenvalue weighted by molar-refractivity contribution is 7.80. The summed E-state index contributed by atoms with van der Waals surface area (Å²) >= 11 is 4.97. The Hall–Kier alpha value is -2.01. The van der Waals surface area contributed by atoms with E-state index in [1.54, 1.807) is 24.3 Å². The number of nitrogens with one attached hydrogen (secondary N) is 1. The molecule has 2 rings (SSSR count). The van der Waals surface area contributed by atoms with Gasteiger partial charge in [0.05, 0.1) is 4.99 Å². The molecule has 21 heavy (non-hydrogen) atoms. The lowest BCUT2D eigenvalue weighted by atomic mass is 9.93. The van der Waals surface area contributed by atoms with E-state index < -0.39 is 5.41 Å². The zero-order valence-electron chi connectivity index (χ0n) is 11.9. The molecule has 0 radical (unpaired) electrons. The van der Waals surface area contributed by atoms with Gasteiger partial charge in [0.15, 0.2) is 0 Å². The average Bonchev–Trinajstić information content (AvgIpc) is 2.45. The number of thiocarbonyl (C=S) groups is 1. The van der Waals surface area contributed by atoms with Crippen LogP contribution in [-0.2, 0) is 0 Å². The second-order valence-corrected chi connectivity index (χ2v) is 6.01. The summed E-state index contributed by atoms with van der Waals surface area (Å²) in [6, 6.07) is 9.68. The number of hydrogen-bond acceptors (Lipinski definition) is 2. The number of carbonyl (C=O) groups is 1. The molecule has 0 saturated carbocycles. The maximum atomic E-state index is 13.7. The third-order valence-corrected chi connectivity index (χ3v) is 4.03. The van der Waals surface area contributed by atoms with Crippen molar-refractivity contribution in [2.75, 3.05) is 6.54 Å². The summed E-state index contributed by atoms with van der Waals surface area (Å²) in [6.45, 7) is 4.05. The van der Waals surface area contributed by atoms with Crippen LogP contribution in [0.1, 0.15) is 24.2 Å². The first kappa shape index (κ1) is 15.4. The second kappa shape index (κ2) is 5.77. The fourth-order valence-electron chi connectivity index (χ4n) is 1.94. The number of fused-ring (bicyclic) bond motifs is 1. The van der Waals surface area contributed by atoms with E-state index in [0.29, 0.717) is 27.9 Å². The van der Waals surface area contributed by atoms with Crippen molar-refractivity contribution < 1.29 is 9.18 Å². The number of nitrogens with two attached hydrogens (primary N) is 1. The van der Waals surface area contributed by atoms with Crippen molar-refractivity contribution >= 4 is 33.9 Å². The van der Waals surface area contributed by atoms with Crippen molar-refractivity contribution in [3.05, 3.63) is 47.8 Å². The zero-order chi connectivity index (χ0) is 15.6.